The normalized spacial score (nSPS) is 23.2. The summed E-state index contributed by atoms with van der Waals surface area (Å²) in [4.78, 5) is 58.3. The lowest BCUT2D eigenvalue weighted by molar-refractivity contribution is -0.136. The molecule has 4 aliphatic heterocycles. The van der Waals surface area contributed by atoms with Gasteiger partial charge in [-0.3, -0.25) is 34.3 Å². The van der Waals surface area contributed by atoms with Crippen LogP contribution in [-0.2, 0) is 9.59 Å². The highest BCUT2D eigenvalue weighted by Gasteiger charge is 2.44. The quantitative estimate of drug-likeness (QED) is 0.610. The Bertz CT molecular complexity index is 1250. The van der Waals surface area contributed by atoms with Crippen molar-refractivity contribution in [1.82, 2.24) is 15.1 Å². The summed E-state index contributed by atoms with van der Waals surface area (Å²) in [6, 6.07) is 15.7. The fraction of sp³-hybridized carbons (Fsp3) is 0.448. The first-order valence-electron chi connectivity index (χ1n) is 13.5. The van der Waals surface area contributed by atoms with Gasteiger partial charge in [0.05, 0.1) is 11.1 Å². The second-order valence-corrected chi connectivity index (χ2v) is 10.7. The van der Waals surface area contributed by atoms with Gasteiger partial charge in [-0.15, -0.1) is 0 Å². The number of piperazine rings is 1. The lowest BCUT2D eigenvalue weighted by atomic mass is 9.95. The minimum Gasteiger partial charge on any atom is -0.371 e. The molecular weight excluding hydrogens is 482 g/mol. The number of rotatable bonds is 5. The van der Waals surface area contributed by atoms with Crippen LogP contribution in [0.2, 0.25) is 0 Å². The molecule has 9 heteroatoms. The van der Waals surface area contributed by atoms with Crippen LogP contribution in [0, 0.1) is 12.0 Å². The number of amides is 4. The molecule has 1 N–H and O–H groups in total. The molecule has 1 radical (unpaired) electrons. The molecule has 0 aromatic heterocycles. The molecule has 0 saturated carbocycles. The number of hydrogen-bond donors (Lipinski definition) is 1. The Morgan fingerprint density at radius 2 is 1.45 bits per heavy atom. The standard InChI is InChI=1S/C29H32N5O4/c35-26-9-8-25(27(36)30-26)34-28(37)23-7-6-22(18-24(23)29(34)38)32-12-10-20(11-13-32)19-31-14-16-33(17-15-31)21-4-2-1-3-5-21/h2-7,18,20,25H,8-17,19H2,(H,30,35,36). The summed E-state index contributed by atoms with van der Waals surface area (Å²) in [5.41, 5.74) is 2.87. The molecule has 4 amide bonds. The van der Waals surface area contributed by atoms with Gasteiger partial charge in [0.2, 0.25) is 11.8 Å². The van der Waals surface area contributed by atoms with Crippen molar-refractivity contribution in [2.45, 2.75) is 31.7 Å². The minimum absolute atomic E-state index is 0.117. The lowest BCUT2D eigenvalue weighted by Crippen LogP contribution is -2.54. The van der Waals surface area contributed by atoms with Gasteiger partial charge in [-0.05, 0) is 61.6 Å². The zero-order chi connectivity index (χ0) is 26.2. The topological polar surface area (TPSA) is 93.3 Å². The Hall–Kier alpha value is -3.72. The molecule has 3 saturated heterocycles. The second-order valence-electron chi connectivity index (χ2n) is 10.7. The van der Waals surface area contributed by atoms with Gasteiger partial charge in [0.1, 0.15) is 6.04 Å². The Balaban J connectivity index is 1.04. The van der Waals surface area contributed by atoms with E-state index in [-0.39, 0.29) is 18.7 Å². The number of carbonyl (C=O) groups excluding carboxylic acids is 4. The van der Waals surface area contributed by atoms with Crippen molar-refractivity contribution < 1.29 is 19.2 Å². The molecular formula is C29H32N5O4. The molecule has 6 rings (SSSR count). The maximum Gasteiger partial charge on any atom is 0.262 e. The number of fused-ring (bicyclic) bond motifs is 1. The molecule has 4 heterocycles. The van der Waals surface area contributed by atoms with Crippen molar-refractivity contribution in [3.63, 3.8) is 0 Å². The third-order valence-electron chi connectivity index (χ3n) is 8.36. The van der Waals surface area contributed by atoms with Gasteiger partial charge in [0, 0.05) is 63.6 Å². The fourth-order valence-electron chi connectivity index (χ4n) is 6.17. The minimum atomic E-state index is -0.938. The number of piperidine rings is 2. The van der Waals surface area contributed by atoms with E-state index in [0.717, 1.165) is 69.2 Å². The number of anilines is 2. The molecule has 4 aliphatic rings. The lowest BCUT2D eigenvalue weighted by Gasteiger charge is -2.40. The Kier molecular flexibility index (Phi) is 6.61. The maximum atomic E-state index is 13.2. The highest BCUT2D eigenvalue weighted by Crippen LogP contribution is 2.32. The molecule has 3 fully saturated rings. The van der Waals surface area contributed by atoms with Gasteiger partial charge in [0.15, 0.2) is 0 Å². The fourth-order valence-corrected chi connectivity index (χ4v) is 6.17. The molecule has 2 aromatic rings. The summed E-state index contributed by atoms with van der Waals surface area (Å²) in [5, 5.41) is 2.24. The van der Waals surface area contributed by atoms with Crippen LogP contribution >= 0.6 is 0 Å². The Morgan fingerprint density at radius 1 is 0.763 bits per heavy atom. The number of imide groups is 2. The molecule has 2 aromatic carbocycles. The third-order valence-corrected chi connectivity index (χ3v) is 8.36. The highest BCUT2D eigenvalue weighted by molar-refractivity contribution is 6.23. The van der Waals surface area contributed by atoms with Crippen molar-refractivity contribution in [2.24, 2.45) is 5.92 Å². The summed E-state index contributed by atoms with van der Waals surface area (Å²) < 4.78 is 0. The number of nitrogens with one attached hydrogen (secondary N) is 1. The molecule has 0 spiro atoms. The third kappa shape index (κ3) is 4.67. The van der Waals surface area contributed by atoms with E-state index in [0.29, 0.717) is 17.0 Å². The van der Waals surface area contributed by atoms with Crippen LogP contribution < -0.4 is 15.1 Å². The van der Waals surface area contributed by atoms with Crippen LogP contribution in [0.15, 0.2) is 42.5 Å². The van der Waals surface area contributed by atoms with Gasteiger partial charge in [0.25, 0.3) is 11.8 Å². The first-order valence-corrected chi connectivity index (χ1v) is 13.5. The Labute approximate surface area is 222 Å². The maximum absolute atomic E-state index is 13.2. The molecule has 9 nitrogen and oxygen atoms in total. The largest absolute Gasteiger partial charge is 0.371 e. The predicted octanol–water partition coefficient (Wildman–Crippen LogP) is 1.93. The molecule has 1 atom stereocenters. The van der Waals surface area contributed by atoms with Gasteiger partial charge in [-0.25, -0.2) is 0 Å². The zero-order valence-corrected chi connectivity index (χ0v) is 21.4. The van der Waals surface area contributed by atoms with E-state index in [9.17, 15) is 19.2 Å². The van der Waals surface area contributed by atoms with Crippen LogP contribution in [0.4, 0.5) is 11.4 Å². The first-order chi connectivity index (χ1) is 18.5. The zero-order valence-electron chi connectivity index (χ0n) is 21.4. The van der Waals surface area contributed by atoms with E-state index in [4.69, 9.17) is 0 Å². The monoisotopic (exact) mass is 514 g/mol. The summed E-state index contributed by atoms with van der Waals surface area (Å²) in [7, 11) is 0. The van der Waals surface area contributed by atoms with Gasteiger partial charge in [-0.2, -0.15) is 0 Å². The van der Waals surface area contributed by atoms with Crippen molar-refractivity contribution in [3.8, 4) is 0 Å². The van der Waals surface area contributed by atoms with Crippen LogP contribution in [0.1, 0.15) is 46.4 Å². The van der Waals surface area contributed by atoms with Crippen LogP contribution in [0.25, 0.3) is 0 Å². The number of nitrogens with zero attached hydrogens (tertiary/aromatic N) is 4. The van der Waals surface area contributed by atoms with E-state index in [1.54, 1.807) is 12.1 Å². The first kappa shape index (κ1) is 24.6. The highest BCUT2D eigenvalue weighted by atomic mass is 16.2. The number of hydrogen-bond acceptors (Lipinski definition) is 7. The molecule has 0 aliphatic carbocycles. The van der Waals surface area contributed by atoms with Gasteiger partial charge < -0.3 is 9.80 Å². The summed E-state index contributed by atoms with van der Waals surface area (Å²) in [5.74, 6) is -1.23. The molecule has 1 unspecified atom stereocenters. The molecule has 0 bridgehead atoms. The smallest absolute Gasteiger partial charge is 0.262 e. The number of benzene rings is 2. The summed E-state index contributed by atoms with van der Waals surface area (Å²) in [6.45, 7) is 7.16. The molecule has 197 valence electrons. The average molecular weight is 515 g/mol. The van der Waals surface area contributed by atoms with E-state index < -0.39 is 23.8 Å². The van der Waals surface area contributed by atoms with E-state index in [2.05, 4.69) is 38.2 Å². The van der Waals surface area contributed by atoms with Crippen molar-refractivity contribution in [3.05, 3.63) is 59.7 Å². The van der Waals surface area contributed by atoms with Crippen LogP contribution in [0.3, 0.4) is 0 Å². The van der Waals surface area contributed by atoms with E-state index in [1.807, 2.05) is 18.2 Å². The van der Waals surface area contributed by atoms with Gasteiger partial charge in [-0.1, -0.05) is 12.1 Å². The average Bonchev–Trinajstić information content (AvgIpc) is 3.19. The van der Waals surface area contributed by atoms with Crippen LogP contribution in [-0.4, -0.2) is 85.3 Å². The summed E-state index contributed by atoms with van der Waals surface area (Å²) >= 11 is 0. The second kappa shape index (κ2) is 10.2. The van der Waals surface area contributed by atoms with Gasteiger partial charge >= 0.3 is 0 Å². The summed E-state index contributed by atoms with van der Waals surface area (Å²) in [6.07, 6.45) is 2.45. The van der Waals surface area contributed by atoms with Crippen molar-refractivity contribution in [2.75, 3.05) is 55.6 Å². The van der Waals surface area contributed by atoms with E-state index in [1.165, 1.54) is 5.69 Å². The molecule has 38 heavy (non-hydrogen) atoms. The SMILES string of the molecule is O=C1CCC(N2C(=O)c3ccc(N4CCC(CN5CCN(c6cc[c]cc6)CC5)CC4)cc3C2=O)C(=O)N1. The number of carbonyl (C=O) groups is 4. The Morgan fingerprint density at radius 3 is 2.16 bits per heavy atom. The van der Waals surface area contributed by atoms with Crippen LogP contribution in [0.5, 0.6) is 0 Å². The van der Waals surface area contributed by atoms with E-state index >= 15 is 0 Å². The van der Waals surface area contributed by atoms with Crippen molar-refractivity contribution >= 4 is 35.0 Å². The predicted molar refractivity (Wildman–Crippen MR) is 142 cm³/mol. The van der Waals surface area contributed by atoms with Crippen molar-refractivity contribution in [1.29, 1.82) is 0 Å².